The van der Waals surface area contributed by atoms with Crippen molar-refractivity contribution in [3.8, 4) is 5.75 Å². The molecule has 138 valence electrons. The minimum absolute atomic E-state index is 0.197. The molecule has 26 heavy (non-hydrogen) atoms. The number of pyridine rings is 1. The number of benzene rings is 1. The lowest BCUT2D eigenvalue weighted by molar-refractivity contribution is 0.236. The molecule has 0 spiro atoms. The fourth-order valence-corrected chi connectivity index (χ4v) is 2.90. The van der Waals surface area contributed by atoms with Crippen LogP contribution in [0.25, 0.3) is 0 Å². The van der Waals surface area contributed by atoms with Crippen LogP contribution in [0, 0.1) is 6.92 Å². The maximum Gasteiger partial charge on any atom is 0.315 e. The fraction of sp³-hybridized carbons (Fsp3) is 0.400. The molecule has 1 aliphatic rings. The molecule has 1 aromatic carbocycles. The fourth-order valence-electron chi connectivity index (χ4n) is 2.90. The van der Waals surface area contributed by atoms with Gasteiger partial charge in [0.05, 0.1) is 6.54 Å². The van der Waals surface area contributed by atoms with Gasteiger partial charge in [-0.25, -0.2) is 9.78 Å². The molecule has 6 nitrogen and oxygen atoms in total. The van der Waals surface area contributed by atoms with Crippen molar-refractivity contribution < 1.29 is 9.53 Å². The van der Waals surface area contributed by atoms with Crippen LogP contribution in [-0.4, -0.2) is 37.3 Å². The van der Waals surface area contributed by atoms with Gasteiger partial charge in [0.25, 0.3) is 0 Å². The first-order valence-corrected chi connectivity index (χ1v) is 9.12. The Morgan fingerprint density at radius 2 is 1.92 bits per heavy atom. The zero-order valence-electron chi connectivity index (χ0n) is 15.2. The van der Waals surface area contributed by atoms with Crippen LogP contribution in [0.1, 0.15) is 24.0 Å². The molecule has 0 aliphatic carbocycles. The Balaban J connectivity index is 1.36. The van der Waals surface area contributed by atoms with E-state index in [1.807, 2.05) is 43.3 Å². The molecule has 1 saturated heterocycles. The Morgan fingerprint density at radius 3 is 2.69 bits per heavy atom. The first kappa shape index (κ1) is 18.0. The number of aromatic nitrogens is 1. The Bertz CT molecular complexity index is 712. The molecule has 0 atom stereocenters. The first-order valence-electron chi connectivity index (χ1n) is 9.12. The Labute approximate surface area is 154 Å². The van der Waals surface area contributed by atoms with E-state index in [2.05, 4.69) is 20.5 Å². The summed E-state index contributed by atoms with van der Waals surface area (Å²) in [4.78, 5) is 18.6. The highest BCUT2D eigenvalue weighted by molar-refractivity contribution is 5.73. The van der Waals surface area contributed by atoms with Gasteiger partial charge in [-0.2, -0.15) is 0 Å². The molecule has 2 heterocycles. The van der Waals surface area contributed by atoms with Crippen molar-refractivity contribution >= 4 is 11.8 Å². The number of carbonyl (C=O) groups excluding carboxylic acids is 1. The zero-order chi connectivity index (χ0) is 18.2. The topological polar surface area (TPSA) is 66.5 Å². The summed E-state index contributed by atoms with van der Waals surface area (Å²) >= 11 is 0. The number of anilines is 1. The van der Waals surface area contributed by atoms with Crippen LogP contribution in [0.4, 0.5) is 10.6 Å². The van der Waals surface area contributed by atoms with Crippen molar-refractivity contribution in [2.24, 2.45) is 0 Å². The molecule has 0 radical (unpaired) electrons. The van der Waals surface area contributed by atoms with Gasteiger partial charge in [-0.05, 0) is 49.6 Å². The molecule has 0 unspecified atom stereocenters. The second-order valence-corrected chi connectivity index (χ2v) is 6.49. The third-order valence-corrected chi connectivity index (χ3v) is 4.37. The highest BCUT2D eigenvalue weighted by Crippen LogP contribution is 2.18. The molecule has 0 saturated carbocycles. The van der Waals surface area contributed by atoms with E-state index in [1.54, 1.807) is 6.20 Å². The van der Waals surface area contributed by atoms with Crippen molar-refractivity contribution in [2.45, 2.75) is 26.3 Å². The molecule has 1 aromatic heterocycles. The summed E-state index contributed by atoms with van der Waals surface area (Å²) in [7, 11) is 0. The minimum Gasteiger partial charge on any atom is -0.492 e. The van der Waals surface area contributed by atoms with Crippen LogP contribution < -0.4 is 20.3 Å². The second kappa shape index (κ2) is 9.08. The molecule has 0 bridgehead atoms. The van der Waals surface area contributed by atoms with E-state index in [9.17, 15) is 4.79 Å². The van der Waals surface area contributed by atoms with E-state index < -0.39 is 0 Å². The molecule has 3 rings (SSSR count). The number of nitrogens with one attached hydrogen (secondary N) is 2. The van der Waals surface area contributed by atoms with Crippen molar-refractivity contribution in [2.75, 3.05) is 31.1 Å². The first-order chi connectivity index (χ1) is 12.7. The SMILES string of the molecule is Cc1ccc(OCCNC(=O)NCc2ccnc(N3CCCC3)c2)cc1. The van der Waals surface area contributed by atoms with Crippen LogP contribution >= 0.6 is 0 Å². The van der Waals surface area contributed by atoms with Crippen LogP contribution in [0.3, 0.4) is 0 Å². The normalized spacial score (nSPS) is 13.5. The number of rotatable bonds is 7. The van der Waals surface area contributed by atoms with Gasteiger partial charge in [-0.3, -0.25) is 0 Å². The van der Waals surface area contributed by atoms with Gasteiger partial charge < -0.3 is 20.3 Å². The van der Waals surface area contributed by atoms with Gasteiger partial charge in [0.15, 0.2) is 0 Å². The van der Waals surface area contributed by atoms with E-state index in [0.717, 1.165) is 30.2 Å². The van der Waals surface area contributed by atoms with Crippen LogP contribution in [-0.2, 0) is 6.54 Å². The molecule has 1 fully saturated rings. The number of urea groups is 1. The number of amides is 2. The third kappa shape index (κ3) is 5.37. The van der Waals surface area contributed by atoms with E-state index in [4.69, 9.17) is 4.74 Å². The number of aryl methyl sites for hydroxylation is 1. The number of carbonyl (C=O) groups is 1. The smallest absolute Gasteiger partial charge is 0.315 e. The predicted octanol–water partition coefficient (Wildman–Crippen LogP) is 2.87. The van der Waals surface area contributed by atoms with Crippen molar-refractivity contribution in [3.05, 3.63) is 53.7 Å². The quantitative estimate of drug-likeness (QED) is 0.751. The Morgan fingerprint density at radius 1 is 1.15 bits per heavy atom. The predicted molar refractivity (Wildman–Crippen MR) is 103 cm³/mol. The number of nitrogens with zero attached hydrogens (tertiary/aromatic N) is 2. The van der Waals surface area contributed by atoms with Gasteiger partial charge in [0, 0.05) is 25.8 Å². The molecule has 2 amide bonds. The van der Waals surface area contributed by atoms with Crippen LogP contribution in [0.5, 0.6) is 5.75 Å². The number of ether oxygens (including phenoxy) is 1. The van der Waals surface area contributed by atoms with Gasteiger partial charge in [-0.15, -0.1) is 0 Å². The van der Waals surface area contributed by atoms with E-state index in [-0.39, 0.29) is 6.03 Å². The lowest BCUT2D eigenvalue weighted by atomic mass is 10.2. The lowest BCUT2D eigenvalue weighted by Crippen LogP contribution is -2.37. The van der Waals surface area contributed by atoms with Crippen LogP contribution in [0.2, 0.25) is 0 Å². The number of hydrogen-bond acceptors (Lipinski definition) is 4. The molecular formula is C20H26N4O2. The van der Waals surface area contributed by atoms with Crippen molar-refractivity contribution in [1.29, 1.82) is 0 Å². The molecule has 2 N–H and O–H groups in total. The van der Waals surface area contributed by atoms with Crippen molar-refractivity contribution in [1.82, 2.24) is 15.6 Å². The monoisotopic (exact) mass is 354 g/mol. The average Bonchev–Trinajstić information content (AvgIpc) is 3.20. The van der Waals surface area contributed by atoms with E-state index in [0.29, 0.717) is 19.7 Å². The summed E-state index contributed by atoms with van der Waals surface area (Å²) in [6, 6.07) is 11.6. The van der Waals surface area contributed by atoms with Crippen molar-refractivity contribution in [3.63, 3.8) is 0 Å². The van der Waals surface area contributed by atoms with Gasteiger partial charge in [0.1, 0.15) is 18.2 Å². The molecule has 1 aliphatic heterocycles. The lowest BCUT2D eigenvalue weighted by Gasteiger charge is -2.17. The van der Waals surface area contributed by atoms with E-state index >= 15 is 0 Å². The zero-order valence-corrected chi connectivity index (χ0v) is 15.2. The second-order valence-electron chi connectivity index (χ2n) is 6.49. The Kier molecular flexibility index (Phi) is 6.30. The standard InChI is InChI=1S/C20H26N4O2/c1-16-4-6-18(7-5-16)26-13-10-22-20(25)23-15-17-8-9-21-19(14-17)24-11-2-3-12-24/h4-9,14H,2-3,10-13,15H2,1H3,(H2,22,23,25). The summed E-state index contributed by atoms with van der Waals surface area (Å²) in [5.41, 5.74) is 2.24. The summed E-state index contributed by atoms with van der Waals surface area (Å²) in [6.07, 6.45) is 4.24. The number of hydrogen-bond donors (Lipinski definition) is 2. The van der Waals surface area contributed by atoms with E-state index in [1.165, 1.54) is 18.4 Å². The summed E-state index contributed by atoms with van der Waals surface area (Å²) in [5.74, 6) is 1.80. The maximum absolute atomic E-state index is 11.9. The maximum atomic E-state index is 11.9. The van der Waals surface area contributed by atoms with Gasteiger partial charge in [0.2, 0.25) is 0 Å². The highest BCUT2D eigenvalue weighted by atomic mass is 16.5. The largest absolute Gasteiger partial charge is 0.492 e. The molecule has 6 heteroatoms. The summed E-state index contributed by atoms with van der Waals surface area (Å²) < 4.78 is 5.59. The van der Waals surface area contributed by atoms with Crippen LogP contribution in [0.15, 0.2) is 42.6 Å². The van der Waals surface area contributed by atoms with Gasteiger partial charge >= 0.3 is 6.03 Å². The van der Waals surface area contributed by atoms with Gasteiger partial charge in [-0.1, -0.05) is 17.7 Å². The highest BCUT2D eigenvalue weighted by Gasteiger charge is 2.13. The summed E-state index contributed by atoms with van der Waals surface area (Å²) in [5, 5.41) is 5.67. The minimum atomic E-state index is -0.197. The average molecular weight is 354 g/mol. The molecule has 2 aromatic rings. The summed E-state index contributed by atoms with van der Waals surface area (Å²) in [6.45, 7) is 5.53. The molecular weight excluding hydrogens is 328 g/mol. The Hall–Kier alpha value is -2.76. The third-order valence-electron chi connectivity index (χ3n) is 4.37.